The highest BCUT2D eigenvalue weighted by molar-refractivity contribution is 7.13. The van der Waals surface area contributed by atoms with Crippen molar-refractivity contribution in [1.29, 1.82) is 0 Å². The van der Waals surface area contributed by atoms with E-state index in [2.05, 4.69) is 15.5 Å². The van der Waals surface area contributed by atoms with Crippen LogP contribution in [-0.2, 0) is 14.3 Å². The normalized spacial score (nSPS) is 33.6. The first-order valence-electron chi connectivity index (χ1n) is 5.62. The number of ether oxygens (including phenoxy) is 1. The number of nitrogens with zero attached hydrogens (tertiary/aromatic N) is 2. The fourth-order valence-corrected chi connectivity index (χ4v) is 3.19. The Kier molecular flexibility index (Phi) is 2.75. The Morgan fingerprint density at radius 3 is 2.72 bits per heavy atom. The van der Waals surface area contributed by atoms with Gasteiger partial charge in [0.05, 0.1) is 24.0 Å². The number of anilines is 1. The van der Waals surface area contributed by atoms with E-state index in [1.807, 2.05) is 0 Å². The lowest BCUT2D eigenvalue weighted by Gasteiger charge is -2.23. The van der Waals surface area contributed by atoms with Gasteiger partial charge in [0.25, 0.3) is 0 Å². The summed E-state index contributed by atoms with van der Waals surface area (Å²) in [5.74, 6) is -2.70. The van der Waals surface area contributed by atoms with Crippen molar-refractivity contribution in [3.63, 3.8) is 0 Å². The van der Waals surface area contributed by atoms with Crippen molar-refractivity contribution < 1.29 is 19.4 Å². The number of rotatable bonds is 3. The third-order valence-corrected chi connectivity index (χ3v) is 4.06. The van der Waals surface area contributed by atoms with Crippen LogP contribution in [0, 0.1) is 11.8 Å². The van der Waals surface area contributed by atoms with Crippen molar-refractivity contribution in [3.8, 4) is 0 Å². The molecule has 4 atom stereocenters. The molecule has 0 saturated carbocycles. The molecule has 0 aromatic carbocycles. The average Bonchev–Trinajstić information content (AvgIpc) is 3.03. The Morgan fingerprint density at radius 1 is 1.39 bits per heavy atom. The van der Waals surface area contributed by atoms with Gasteiger partial charge in [0.2, 0.25) is 11.0 Å². The SMILES string of the molecule is O=C(O)[C@H]1[C@H](C(=O)Nc2nncs2)[C@H]2CC[C@@H]1O2. The van der Waals surface area contributed by atoms with E-state index in [-0.39, 0.29) is 18.1 Å². The molecular formula is C10H11N3O4S. The Balaban J connectivity index is 1.78. The number of carbonyl (C=O) groups is 2. The number of amides is 1. The predicted molar refractivity (Wildman–Crippen MR) is 61.0 cm³/mol. The summed E-state index contributed by atoms with van der Waals surface area (Å²) in [7, 11) is 0. The summed E-state index contributed by atoms with van der Waals surface area (Å²) >= 11 is 1.20. The summed E-state index contributed by atoms with van der Waals surface area (Å²) < 4.78 is 5.52. The molecule has 0 aliphatic carbocycles. The number of aromatic nitrogens is 2. The van der Waals surface area contributed by atoms with E-state index in [0.29, 0.717) is 11.6 Å². The van der Waals surface area contributed by atoms with Crippen molar-refractivity contribution >= 4 is 28.3 Å². The third kappa shape index (κ3) is 1.77. The van der Waals surface area contributed by atoms with E-state index in [1.165, 1.54) is 16.8 Å². The molecule has 1 aromatic rings. The summed E-state index contributed by atoms with van der Waals surface area (Å²) in [6.45, 7) is 0. The molecule has 1 aromatic heterocycles. The topological polar surface area (TPSA) is 101 Å². The molecular weight excluding hydrogens is 258 g/mol. The summed E-state index contributed by atoms with van der Waals surface area (Å²) in [6.07, 6.45) is 0.828. The number of carboxylic acid groups (broad SMARTS) is 1. The second-order valence-electron chi connectivity index (χ2n) is 4.41. The first kappa shape index (κ1) is 11.5. The number of aliphatic carboxylic acids is 1. The molecule has 0 radical (unpaired) electrons. The molecule has 2 N–H and O–H groups in total. The summed E-state index contributed by atoms with van der Waals surface area (Å²) in [5.41, 5.74) is 1.50. The van der Waals surface area contributed by atoms with Crippen molar-refractivity contribution in [2.45, 2.75) is 25.0 Å². The number of fused-ring (bicyclic) bond motifs is 2. The van der Waals surface area contributed by atoms with Crippen LogP contribution in [0.2, 0.25) is 0 Å². The highest BCUT2D eigenvalue weighted by Gasteiger charge is 2.55. The molecule has 8 heteroatoms. The van der Waals surface area contributed by atoms with Gasteiger partial charge < -0.3 is 15.2 Å². The minimum Gasteiger partial charge on any atom is -0.481 e. The second kappa shape index (κ2) is 4.29. The molecule has 2 aliphatic heterocycles. The third-order valence-electron chi connectivity index (χ3n) is 3.45. The molecule has 96 valence electrons. The summed E-state index contributed by atoms with van der Waals surface area (Å²) in [6, 6.07) is 0. The molecule has 2 fully saturated rings. The lowest BCUT2D eigenvalue weighted by Crippen LogP contribution is -2.40. The van der Waals surface area contributed by atoms with Crippen molar-refractivity contribution in [2.24, 2.45) is 11.8 Å². The minimum atomic E-state index is -0.973. The lowest BCUT2D eigenvalue weighted by molar-refractivity contribution is -0.147. The fourth-order valence-electron chi connectivity index (χ4n) is 2.74. The molecule has 2 bridgehead atoms. The van der Waals surface area contributed by atoms with Crippen molar-refractivity contribution in [3.05, 3.63) is 5.51 Å². The highest BCUT2D eigenvalue weighted by atomic mass is 32.1. The maximum atomic E-state index is 12.1. The van der Waals surface area contributed by atoms with Crippen molar-refractivity contribution in [1.82, 2.24) is 10.2 Å². The maximum Gasteiger partial charge on any atom is 0.310 e. The van der Waals surface area contributed by atoms with E-state index < -0.39 is 17.8 Å². The Bertz CT molecular complexity index is 477. The molecule has 0 spiro atoms. The molecule has 2 saturated heterocycles. The van der Waals surface area contributed by atoms with E-state index in [1.54, 1.807) is 0 Å². The average molecular weight is 269 g/mol. The quantitative estimate of drug-likeness (QED) is 0.821. The van der Waals surface area contributed by atoms with Crippen LogP contribution in [0.5, 0.6) is 0 Å². The predicted octanol–water partition coefficient (Wildman–Crippen LogP) is 0.355. The van der Waals surface area contributed by atoms with Gasteiger partial charge in [-0.3, -0.25) is 9.59 Å². The molecule has 2 aliphatic rings. The zero-order valence-electron chi connectivity index (χ0n) is 9.28. The largest absolute Gasteiger partial charge is 0.481 e. The van der Waals surface area contributed by atoms with E-state index in [9.17, 15) is 14.7 Å². The Labute approximate surface area is 106 Å². The van der Waals surface area contributed by atoms with E-state index in [4.69, 9.17) is 4.74 Å². The molecule has 1 amide bonds. The van der Waals surface area contributed by atoms with Gasteiger partial charge in [-0.05, 0) is 12.8 Å². The lowest BCUT2D eigenvalue weighted by atomic mass is 9.79. The van der Waals surface area contributed by atoms with Crippen LogP contribution in [0.15, 0.2) is 5.51 Å². The minimum absolute atomic E-state index is 0.288. The molecule has 0 unspecified atom stereocenters. The maximum absolute atomic E-state index is 12.1. The Morgan fingerprint density at radius 2 is 2.11 bits per heavy atom. The summed E-state index contributed by atoms with van der Waals surface area (Å²) in [4.78, 5) is 23.3. The van der Waals surface area contributed by atoms with Crippen molar-refractivity contribution in [2.75, 3.05) is 5.32 Å². The number of hydrogen-bond donors (Lipinski definition) is 2. The van der Waals surface area contributed by atoms with E-state index >= 15 is 0 Å². The number of carboxylic acids is 1. The van der Waals surface area contributed by atoms with Gasteiger partial charge in [0.1, 0.15) is 5.51 Å². The Hall–Kier alpha value is -1.54. The van der Waals surface area contributed by atoms with E-state index in [0.717, 1.165) is 6.42 Å². The summed E-state index contributed by atoms with van der Waals surface area (Å²) in [5, 5.41) is 19.5. The smallest absolute Gasteiger partial charge is 0.310 e. The van der Waals surface area contributed by atoms with Crippen LogP contribution in [0.1, 0.15) is 12.8 Å². The molecule has 18 heavy (non-hydrogen) atoms. The van der Waals surface area contributed by atoms with Crippen LogP contribution in [0.3, 0.4) is 0 Å². The monoisotopic (exact) mass is 269 g/mol. The first-order valence-corrected chi connectivity index (χ1v) is 6.50. The van der Waals surface area contributed by atoms with Gasteiger partial charge in [-0.15, -0.1) is 10.2 Å². The first-order chi connectivity index (χ1) is 8.66. The highest BCUT2D eigenvalue weighted by Crippen LogP contribution is 2.44. The van der Waals surface area contributed by atoms with Gasteiger partial charge in [-0.1, -0.05) is 11.3 Å². The van der Waals surface area contributed by atoms with Gasteiger partial charge in [-0.25, -0.2) is 0 Å². The van der Waals surface area contributed by atoms with Gasteiger partial charge in [0.15, 0.2) is 0 Å². The van der Waals surface area contributed by atoms with Crippen LogP contribution in [-0.4, -0.2) is 39.4 Å². The van der Waals surface area contributed by atoms with Gasteiger partial charge in [-0.2, -0.15) is 0 Å². The number of hydrogen-bond acceptors (Lipinski definition) is 6. The zero-order valence-corrected chi connectivity index (χ0v) is 10.1. The molecule has 7 nitrogen and oxygen atoms in total. The van der Waals surface area contributed by atoms with Gasteiger partial charge in [0, 0.05) is 0 Å². The van der Waals surface area contributed by atoms with Gasteiger partial charge >= 0.3 is 5.97 Å². The van der Waals surface area contributed by atoms with Crippen LogP contribution >= 0.6 is 11.3 Å². The second-order valence-corrected chi connectivity index (χ2v) is 5.25. The molecule has 3 rings (SSSR count). The molecule has 3 heterocycles. The standard InChI is InChI=1S/C10H11N3O4S/c14-8(12-10-13-11-3-18-10)6-4-1-2-5(17-4)7(6)9(15)16/h3-7H,1-2H2,(H,15,16)(H,12,13,14)/t4-,5+,6-,7-/m1/s1. The van der Waals surface area contributed by atoms with Crippen LogP contribution in [0.25, 0.3) is 0 Å². The zero-order chi connectivity index (χ0) is 12.7. The number of nitrogens with one attached hydrogen (secondary N) is 1. The fraction of sp³-hybridized carbons (Fsp3) is 0.600. The van der Waals surface area contributed by atoms with Crippen LogP contribution in [0.4, 0.5) is 5.13 Å². The van der Waals surface area contributed by atoms with Crippen LogP contribution < -0.4 is 5.32 Å². The number of carbonyl (C=O) groups excluding carboxylic acids is 1.